The van der Waals surface area contributed by atoms with Gasteiger partial charge in [-0.15, -0.1) is 0 Å². The highest BCUT2D eigenvalue weighted by atomic mass is 16.5. The van der Waals surface area contributed by atoms with Crippen molar-refractivity contribution >= 4 is 11.9 Å². The summed E-state index contributed by atoms with van der Waals surface area (Å²) < 4.78 is 25.5. The van der Waals surface area contributed by atoms with Crippen molar-refractivity contribution in [3.05, 3.63) is 47.4 Å². The van der Waals surface area contributed by atoms with Gasteiger partial charge in [0.25, 0.3) is 0 Å². The third-order valence-electron chi connectivity index (χ3n) is 3.92. The van der Waals surface area contributed by atoms with Gasteiger partial charge in [-0.3, -0.25) is 9.69 Å². The van der Waals surface area contributed by atoms with Crippen LogP contribution in [0.15, 0.2) is 34.9 Å². The smallest absolute Gasteiger partial charge is 0.341 e. The number of hydrogen-bond donors (Lipinski definition) is 0. The van der Waals surface area contributed by atoms with E-state index in [0.29, 0.717) is 29.4 Å². The summed E-state index contributed by atoms with van der Waals surface area (Å²) in [6, 6.07) is 6.98. The van der Waals surface area contributed by atoms with Crippen molar-refractivity contribution in [1.82, 2.24) is 4.90 Å². The van der Waals surface area contributed by atoms with E-state index in [1.807, 2.05) is 12.1 Å². The number of hydrogen-bond acceptors (Lipinski definition) is 8. The van der Waals surface area contributed by atoms with Crippen LogP contribution in [0.3, 0.4) is 0 Å². The molecule has 0 spiro atoms. The Morgan fingerprint density at radius 2 is 1.63 bits per heavy atom. The second-order valence-electron chi connectivity index (χ2n) is 5.69. The zero-order valence-corrected chi connectivity index (χ0v) is 15.8. The molecule has 1 aromatic heterocycles. The van der Waals surface area contributed by atoms with Crippen molar-refractivity contribution < 1.29 is 33.0 Å². The average Bonchev–Trinajstić information content (AvgIpc) is 3.14. The maximum Gasteiger partial charge on any atom is 0.341 e. The van der Waals surface area contributed by atoms with Gasteiger partial charge in [0.1, 0.15) is 22.8 Å². The predicted octanol–water partition coefficient (Wildman–Crippen LogP) is 2.26. The number of furan rings is 1. The highest BCUT2D eigenvalue weighted by Gasteiger charge is 2.20. The Hall–Kier alpha value is -3.00. The van der Waals surface area contributed by atoms with Crippen LogP contribution in [0, 0.1) is 0 Å². The fourth-order valence-corrected chi connectivity index (χ4v) is 2.59. The van der Waals surface area contributed by atoms with E-state index in [4.69, 9.17) is 23.4 Å². The van der Waals surface area contributed by atoms with Crippen molar-refractivity contribution in [3.8, 4) is 11.5 Å². The van der Waals surface area contributed by atoms with Crippen LogP contribution in [0.5, 0.6) is 11.5 Å². The lowest BCUT2D eigenvalue weighted by Crippen LogP contribution is -2.30. The first kappa shape index (κ1) is 20.3. The van der Waals surface area contributed by atoms with Crippen molar-refractivity contribution in [1.29, 1.82) is 0 Å². The lowest BCUT2D eigenvalue weighted by Gasteiger charge is -2.21. The molecular weight excluding hydrogens is 354 g/mol. The molecule has 0 unspecified atom stereocenters. The summed E-state index contributed by atoms with van der Waals surface area (Å²) in [7, 11) is 5.75. The van der Waals surface area contributed by atoms with Gasteiger partial charge in [0.05, 0.1) is 47.8 Å². The molecule has 0 saturated heterocycles. The molecule has 8 nitrogen and oxygen atoms in total. The summed E-state index contributed by atoms with van der Waals surface area (Å²) in [6.07, 6.45) is 1.41. The van der Waals surface area contributed by atoms with Gasteiger partial charge in [-0.2, -0.15) is 0 Å². The molecule has 0 aliphatic heterocycles. The van der Waals surface area contributed by atoms with E-state index < -0.39 is 11.9 Å². The number of carbonyl (C=O) groups is 2. The number of carbonyl (C=O) groups excluding carboxylic acids is 2. The minimum absolute atomic E-state index is 0.0112. The summed E-state index contributed by atoms with van der Waals surface area (Å²) in [5, 5.41) is 0. The number of nitrogens with zero attached hydrogens (tertiary/aromatic N) is 1. The first-order chi connectivity index (χ1) is 13.0. The van der Waals surface area contributed by atoms with E-state index in [0.717, 1.165) is 5.56 Å². The predicted molar refractivity (Wildman–Crippen MR) is 95.7 cm³/mol. The minimum atomic E-state index is -0.500. The Labute approximate surface area is 157 Å². The van der Waals surface area contributed by atoms with Gasteiger partial charge < -0.3 is 23.4 Å². The van der Waals surface area contributed by atoms with E-state index in [2.05, 4.69) is 0 Å². The zero-order valence-electron chi connectivity index (χ0n) is 15.8. The maximum atomic E-state index is 11.9. The Bertz CT molecular complexity index is 762. The fraction of sp³-hybridized carbons (Fsp3) is 0.368. The first-order valence-electron chi connectivity index (χ1n) is 8.16. The molecule has 1 heterocycles. The third kappa shape index (κ3) is 5.49. The maximum absolute atomic E-state index is 11.9. The normalized spacial score (nSPS) is 10.6. The van der Waals surface area contributed by atoms with Gasteiger partial charge in [-0.25, -0.2) is 4.79 Å². The lowest BCUT2D eigenvalue weighted by molar-refractivity contribution is -0.142. The molecule has 0 fully saturated rings. The molecule has 0 amide bonds. The lowest BCUT2D eigenvalue weighted by atomic mass is 10.1. The largest absolute Gasteiger partial charge is 0.497 e. The Morgan fingerprint density at radius 3 is 2.19 bits per heavy atom. The van der Waals surface area contributed by atoms with Gasteiger partial charge in [0.2, 0.25) is 0 Å². The van der Waals surface area contributed by atoms with Gasteiger partial charge in [0.15, 0.2) is 0 Å². The summed E-state index contributed by atoms with van der Waals surface area (Å²) >= 11 is 0. The van der Waals surface area contributed by atoms with Crippen molar-refractivity contribution in [2.24, 2.45) is 0 Å². The highest BCUT2D eigenvalue weighted by Crippen LogP contribution is 2.24. The molecule has 2 rings (SSSR count). The van der Waals surface area contributed by atoms with Gasteiger partial charge in [-0.1, -0.05) is 0 Å². The van der Waals surface area contributed by atoms with Crippen LogP contribution >= 0.6 is 0 Å². The van der Waals surface area contributed by atoms with Crippen molar-refractivity contribution in [2.75, 3.05) is 35.0 Å². The number of methoxy groups -OCH3 is 4. The van der Waals surface area contributed by atoms with E-state index >= 15 is 0 Å². The van der Waals surface area contributed by atoms with E-state index in [-0.39, 0.29) is 13.1 Å². The fourth-order valence-electron chi connectivity index (χ4n) is 2.59. The topological polar surface area (TPSA) is 87.4 Å². The molecule has 0 aliphatic rings. The molecule has 0 saturated carbocycles. The van der Waals surface area contributed by atoms with Crippen LogP contribution in [-0.4, -0.2) is 51.8 Å². The van der Waals surface area contributed by atoms with Crippen LogP contribution < -0.4 is 9.47 Å². The second-order valence-corrected chi connectivity index (χ2v) is 5.69. The standard InChI is InChI=1S/C19H23NO7/c1-23-14-7-13(8-15(9-14)24-2)10-20(12-18(21)25-3)11-17-16(5-6-27-17)19(22)26-4/h5-9H,10-12H2,1-4H3. The molecule has 0 radical (unpaired) electrons. The molecule has 2 aromatic rings. The Kier molecular flexibility index (Phi) is 7.25. The van der Waals surface area contributed by atoms with Crippen LogP contribution in [0.1, 0.15) is 21.7 Å². The summed E-state index contributed by atoms with van der Waals surface area (Å²) in [6.45, 7) is 0.605. The molecule has 8 heteroatoms. The quantitative estimate of drug-likeness (QED) is 0.615. The van der Waals surface area contributed by atoms with Gasteiger partial charge >= 0.3 is 11.9 Å². The summed E-state index contributed by atoms with van der Waals surface area (Å²) in [4.78, 5) is 25.5. The molecular formula is C19H23NO7. The molecule has 0 atom stereocenters. The zero-order chi connectivity index (χ0) is 19.8. The SMILES string of the molecule is COC(=O)CN(Cc1cc(OC)cc(OC)c1)Cc1occc1C(=O)OC. The number of rotatable bonds is 9. The third-order valence-corrected chi connectivity index (χ3v) is 3.92. The Balaban J connectivity index is 2.26. The molecule has 1 aromatic carbocycles. The van der Waals surface area contributed by atoms with E-state index in [9.17, 15) is 9.59 Å². The van der Waals surface area contributed by atoms with Crippen LogP contribution in [0.4, 0.5) is 0 Å². The number of esters is 2. The van der Waals surface area contributed by atoms with Crippen molar-refractivity contribution in [3.63, 3.8) is 0 Å². The monoisotopic (exact) mass is 377 g/mol. The van der Waals surface area contributed by atoms with E-state index in [1.165, 1.54) is 26.5 Å². The average molecular weight is 377 g/mol. The number of ether oxygens (including phenoxy) is 4. The number of benzene rings is 1. The molecule has 0 N–H and O–H groups in total. The van der Waals surface area contributed by atoms with Gasteiger partial charge in [-0.05, 0) is 23.8 Å². The first-order valence-corrected chi connectivity index (χ1v) is 8.16. The molecule has 146 valence electrons. The van der Waals surface area contributed by atoms with Crippen LogP contribution in [0.25, 0.3) is 0 Å². The second kappa shape index (κ2) is 9.63. The van der Waals surface area contributed by atoms with Crippen LogP contribution in [0.2, 0.25) is 0 Å². The van der Waals surface area contributed by atoms with Crippen molar-refractivity contribution in [2.45, 2.75) is 13.1 Å². The Morgan fingerprint density at radius 1 is 0.963 bits per heavy atom. The summed E-state index contributed by atoms with van der Waals surface area (Å²) in [5.74, 6) is 0.766. The van der Waals surface area contributed by atoms with Crippen LogP contribution in [-0.2, 0) is 27.4 Å². The van der Waals surface area contributed by atoms with E-state index in [1.54, 1.807) is 25.2 Å². The minimum Gasteiger partial charge on any atom is -0.497 e. The molecule has 0 aliphatic carbocycles. The molecule has 0 bridgehead atoms. The summed E-state index contributed by atoms with van der Waals surface area (Å²) in [5.41, 5.74) is 1.18. The molecule has 27 heavy (non-hydrogen) atoms. The van der Waals surface area contributed by atoms with Gasteiger partial charge in [0, 0.05) is 12.6 Å². The highest BCUT2D eigenvalue weighted by molar-refractivity contribution is 5.90.